The zero-order valence-corrected chi connectivity index (χ0v) is 14.6. The second-order valence-electron chi connectivity index (χ2n) is 6.68. The van der Waals surface area contributed by atoms with E-state index in [1.165, 1.54) is 19.4 Å². The van der Waals surface area contributed by atoms with Gasteiger partial charge in [-0.15, -0.1) is 0 Å². The fraction of sp³-hybridized carbons (Fsp3) is 0.579. The summed E-state index contributed by atoms with van der Waals surface area (Å²) in [7, 11) is 0. The van der Waals surface area contributed by atoms with Gasteiger partial charge in [0.2, 0.25) is 11.8 Å². The van der Waals surface area contributed by atoms with Crippen LogP contribution in [0.2, 0.25) is 0 Å². The maximum atomic E-state index is 13.7. The summed E-state index contributed by atoms with van der Waals surface area (Å²) in [5.41, 5.74) is 0.597. The van der Waals surface area contributed by atoms with E-state index in [2.05, 4.69) is 6.92 Å². The van der Waals surface area contributed by atoms with Crippen LogP contribution >= 0.6 is 0 Å². The van der Waals surface area contributed by atoms with Crippen molar-refractivity contribution in [1.29, 1.82) is 0 Å². The molecule has 1 aliphatic rings. The lowest BCUT2D eigenvalue weighted by Crippen LogP contribution is -2.41. The number of rotatable bonds is 6. The average Bonchev–Trinajstić information content (AvgIpc) is 2.55. The molecular weight excluding hydrogens is 307 g/mol. The second kappa shape index (κ2) is 8.81. The van der Waals surface area contributed by atoms with E-state index >= 15 is 0 Å². The van der Waals surface area contributed by atoms with Crippen molar-refractivity contribution in [1.82, 2.24) is 9.80 Å². The molecular formula is C19H27FN2O2. The molecule has 5 heteroatoms. The van der Waals surface area contributed by atoms with E-state index in [1.807, 2.05) is 4.90 Å². The van der Waals surface area contributed by atoms with Gasteiger partial charge in [0.05, 0.1) is 0 Å². The van der Waals surface area contributed by atoms with Gasteiger partial charge in [-0.3, -0.25) is 9.59 Å². The van der Waals surface area contributed by atoms with Gasteiger partial charge in [0, 0.05) is 39.5 Å². The third-order valence-corrected chi connectivity index (χ3v) is 4.66. The average molecular weight is 334 g/mol. The van der Waals surface area contributed by atoms with Crippen LogP contribution in [0.4, 0.5) is 4.39 Å². The van der Waals surface area contributed by atoms with E-state index in [1.54, 1.807) is 23.1 Å². The Morgan fingerprint density at radius 1 is 1.29 bits per heavy atom. The van der Waals surface area contributed by atoms with Gasteiger partial charge >= 0.3 is 0 Å². The lowest BCUT2D eigenvalue weighted by molar-refractivity contribution is -0.134. The Balaban J connectivity index is 1.84. The zero-order chi connectivity index (χ0) is 17.5. The van der Waals surface area contributed by atoms with Crippen molar-refractivity contribution in [2.75, 3.05) is 26.2 Å². The lowest BCUT2D eigenvalue weighted by Gasteiger charge is -2.31. The number of halogens is 1. The third-order valence-electron chi connectivity index (χ3n) is 4.66. The quantitative estimate of drug-likeness (QED) is 0.803. The number of benzene rings is 1. The van der Waals surface area contributed by atoms with Gasteiger partial charge in [-0.2, -0.15) is 0 Å². The normalized spacial score (nSPS) is 17.6. The summed E-state index contributed by atoms with van der Waals surface area (Å²) in [6, 6.07) is 6.60. The maximum Gasteiger partial charge on any atom is 0.224 e. The van der Waals surface area contributed by atoms with Crippen molar-refractivity contribution >= 4 is 11.8 Å². The molecule has 1 aliphatic heterocycles. The van der Waals surface area contributed by atoms with Gasteiger partial charge in [-0.05, 0) is 36.8 Å². The van der Waals surface area contributed by atoms with Crippen LogP contribution in [-0.2, 0) is 16.0 Å². The Morgan fingerprint density at radius 3 is 2.71 bits per heavy atom. The van der Waals surface area contributed by atoms with Crippen LogP contribution in [-0.4, -0.2) is 47.8 Å². The molecule has 0 saturated carbocycles. The molecule has 1 heterocycles. The van der Waals surface area contributed by atoms with E-state index in [0.717, 1.165) is 19.5 Å². The van der Waals surface area contributed by atoms with E-state index in [9.17, 15) is 14.0 Å². The molecule has 0 aliphatic carbocycles. The first-order valence-corrected chi connectivity index (χ1v) is 8.74. The van der Waals surface area contributed by atoms with Crippen molar-refractivity contribution in [2.45, 2.75) is 39.5 Å². The molecule has 1 atom stereocenters. The Hall–Kier alpha value is -1.91. The highest BCUT2D eigenvalue weighted by Gasteiger charge is 2.21. The van der Waals surface area contributed by atoms with Gasteiger partial charge in [0.1, 0.15) is 5.82 Å². The minimum Gasteiger partial charge on any atom is -0.342 e. The van der Waals surface area contributed by atoms with E-state index < -0.39 is 0 Å². The van der Waals surface area contributed by atoms with E-state index in [4.69, 9.17) is 0 Å². The Morgan fingerprint density at radius 2 is 2.04 bits per heavy atom. The fourth-order valence-corrected chi connectivity index (χ4v) is 3.19. The highest BCUT2D eigenvalue weighted by Crippen LogP contribution is 2.16. The summed E-state index contributed by atoms with van der Waals surface area (Å²) in [6.45, 7) is 6.12. The topological polar surface area (TPSA) is 40.6 Å². The monoisotopic (exact) mass is 334 g/mol. The molecule has 0 spiro atoms. The summed E-state index contributed by atoms with van der Waals surface area (Å²) >= 11 is 0. The zero-order valence-electron chi connectivity index (χ0n) is 14.6. The molecule has 0 aromatic heterocycles. The molecule has 1 unspecified atom stereocenters. The molecule has 2 amide bonds. The van der Waals surface area contributed by atoms with Gasteiger partial charge in [0.25, 0.3) is 0 Å². The number of carbonyl (C=O) groups excluding carboxylic acids is 2. The molecule has 1 aromatic carbocycles. The maximum absolute atomic E-state index is 13.7. The highest BCUT2D eigenvalue weighted by molar-refractivity contribution is 5.78. The number of nitrogens with zero attached hydrogens (tertiary/aromatic N) is 2. The van der Waals surface area contributed by atoms with Crippen molar-refractivity contribution in [3.63, 3.8) is 0 Å². The van der Waals surface area contributed by atoms with Crippen LogP contribution in [0.1, 0.15) is 38.7 Å². The van der Waals surface area contributed by atoms with Gasteiger partial charge in [-0.1, -0.05) is 25.1 Å². The predicted molar refractivity (Wildman–Crippen MR) is 92.0 cm³/mol. The van der Waals surface area contributed by atoms with Crippen LogP contribution < -0.4 is 0 Å². The molecule has 4 nitrogen and oxygen atoms in total. The first kappa shape index (κ1) is 18.4. The van der Waals surface area contributed by atoms with Gasteiger partial charge in [0.15, 0.2) is 0 Å². The molecule has 0 radical (unpaired) electrons. The lowest BCUT2D eigenvalue weighted by atomic mass is 10.00. The number of likely N-dealkylation sites (tertiary alicyclic amines) is 1. The summed E-state index contributed by atoms with van der Waals surface area (Å²) < 4.78 is 13.7. The van der Waals surface area contributed by atoms with Crippen molar-refractivity contribution < 1.29 is 14.0 Å². The number of piperidine rings is 1. The standard InChI is InChI=1S/C19H27FN2O2/c1-15-6-5-11-22(14-15)19(24)10-13-21(16(2)23)12-9-17-7-3-4-8-18(17)20/h3-4,7-8,15H,5-6,9-14H2,1-2H3. The van der Waals surface area contributed by atoms with Crippen molar-refractivity contribution in [3.8, 4) is 0 Å². The SMILES string of the molecule is CC(=O)N(CCC(=O)N1CCCC(C)C1)CCc1ccccc1F. The summed E-state index contributed by atoms with van der Waals surface area (Å²) in [4.78, 5) is 27.7. The number of hydrogen-bond donors (Lipinski definition) is 0. The Bertz CT molecular complexity index is 576. The summed E-state index contributed by atoms with van der Waals surface area (Å²) in [6.07, 6.45) is 3.02. The third kappa shape index (κ3) is 5.32. The molecule has 1 saturated heterocycles. The van der Waals surface area contributed by atoms with Crippen LogP contribution in [0.3, 0.4) is 0 Å². The van der Waals surface area contributed by atoms with Crippen LogP contribution in [0.25, 0.3) is 0 Å². The van der Waals surface area contributed by atoms with Crippen LogP contribution in [0.15, 0.2) is 24.3 Å². The second-order valence-corrected chi connectivity index (χ2v) is 6.68. The van der Waals surface area contributed by atoms with Crippen LogP contribution in [0.5, 0.6) is 0 Å². The summed E-state index contributed by atoms with van der Waals surface area (Å²) in [5.74, 6) is 0.330. The first-order valence-electron chi connectivity index (χ1n) is 8.74. The summed E-state index contributed by atoms with van der Waals surface area (Å²) in [5, 5.41) is 0. The molecule has 0 N–H and O–H groups in total. The molecule has 1 aromatic rings. The molecule has 24 heavy (non-hydrogen) atoms. The smallest absolute Gasteiger partial charge is 0.224 e. The predicted octanol–water partition coefficient (Wildman–Crippen LogP) is 2.87. The largest absolute Gasteiger partial charge is 0.342 e. The van der Waals surface area contributed by atoms with E-state index in [0.29, 0.717) is 37.4 Å². The Kier molecular flexibility index (Phi) is 6.76. The van der Waals surface area contributed by atoms with Crippen molar-refractivity contribution in [2.24, 2.45) is 5.92 Å². The number of amides is 2. The highest BCUT2D eigenvalue weighted by atomic mass is 19.1. The Labute approximate surface area is 143 Å². The number of hydrogen-bond acceptors (Lipinski definition) is 2. The van der Waals surface area contributed by atoms with Crippen LogP contribution in [0, 0.1) is 11.7 Å². The molecule has 0 bridgehead atoms. The fourth-order valence-electron chi connectivity index (χ4n) is 3.19. The van der Waals surface area contributed by atoms with E-state index in [-0.39, 0.29) is 17.6 Å². The van der Waals surface area contributed by atoms with Crippen molar-refractivity contribution in [3.05, 3.63) is 35.6 Å². The molecule has 2 rings (SSSR count). The van der Waals surface area contributed by atoms with Gasteiger partial charge < -0.3 is 9.80 Å². The molecule has 1 fully saturated rings. The number of carbonyl (C=O) groups is 2. The first-order chi connectivity index (χ1) is 11.5. The minimum absolute atomic E-state index is 0.0776. The molecule has 132 valence electrons. The van der Waals surface area contributed by atoms with Gasteiger partial charge in [-0.25, -0.2) is 4.39 Å². The minimum atomic E-state index is -0.251.